The van der Waals surface area contributed by atoms with Crippen molar-refractivity contribution in [3.8, 4) is 0 Å². The summed E-state index contributed by atoms with van der Waals surface area (Å²) in [5.74, 6) is 0.0672. The second kappa shape index (κ2) is 5.38. The van der Waals surface area contributed by atoms with E-state index in [2.05, 4.69) is 17.2 Å². The summed E-state index contributed by atoms with van der Waals surface area (Å²) < 4.78 is 1.43. The third-order valence-electron chi connectivity index (χ3n) is 3.64. The minimum Gasteiger partial charge on any atom is -0.364 e. The maximum Gasteiger partial charge on any atom is 0.271 e. The molecular weight excluding hydrogens is 246 g/mol. The number of hydrogen-bond donors (Lipinski definition) is 1. The fraction of sp³-hybridized carbons (Fsp3) is 0.667. The van der Waals surface area contributed by atoms with Crippen LogP contribution in [-0.4, -0.2) is 44.8 Å². The summed E-state index contributed by atoms with van der Waals surface area (Å²) in [5.41, 5.74) is 5.83. The van der Waals surface area contributed by atoms with Gasteiger partial charge in [-0.05, 0) is 25.7 Å². The predicted molar refractivity (Wildman–Crippen MR) is 68.3 cm³/mol. The molecule has 0 spiro atoms. The molecule has 1 saturated heterocycles. The zero-order valence-corrected chi connectivity index (χ0v) is 11.3. The van der Waals surface area contributed by atoms with Gasteiger partial charge in [0, 0.05) is 13.1 Å². The molecule has 1 aliphatic rings. The monoisotopic (exact) mass is 265 g/mol. The highest BCUT2D eigenvalue weighted by Crippen LogP contribution is 2.16. The first-order chi connectivity index (χ1) is 8.99. The van der Waals surface area contributed by atoms with E-state index in [9.17, 15) is 9.59 Å². The van der Waals surface area contributed by atoms with Crippen LogP contribution in [0.2, 0.25) is 0 Å². The third-order valence-corrected chi connectivity index (χ3v) is 3.64. The molecule has 1 aromatic heterocycles. The van der Waals surface area contributed by atoms with Gasteiger partial charge in [-0.15, -0.1) is 5.10 Å². The summed E-state index contributed by atoms with van der Waals surface area (Å²) in [6, 6.07) is 0. The van der Waals surface area contributed by atoms with E-state index in [0.29, 0.717) is 11.6 Å². The second-order valence-electron chi connectivity index (χ2n) is 5.11. The lowest BCUT2D eigenvalue weighted by atomic mass is 9.99. The average molecular weight is 265 g/mol. The maximum atomic E-state index is 12.1. The van der Waals surface area contributed by atoms with E-state index in [-0.39, 0.29) is 18.1 Å². The zero-order valence-electron chi connectivity index (χ0n) is 11.3. The fourth-order valence-corrected chi connectivity index (χ4v) is 2.22. The van der Waals surface area contributed by atoms with Gasteiger partial charge in [-0.3, -0.25) is 9.59 Å². The van der Waals surface area contributed by atoms with Gasteiger partial charge in [0.15, 0.2) is 5.69 Å². The molecule has 0 bridgehead atoms. The van der Waals surface area contributed by atoms with Gasteiger partial charge in [-0.25, -0.2) is 4.68 Å². The zero-order chi connectivity index (χ0) is 14.0. The molecule has 0 atom stereocenters. The van der Waals surface area contributed by atoms with E-state index in [4.69, 9.17) is 5.73 Å². The van der Waals surface area contributed by atoms with Crippen LogP contribution in [0.15, 0.2) is 0 Å². The topological polar surface area (TPSA) is 94.1 Å². The number of nitrogens with two attached hydrogens (primary N) is 1. The standard InChI is InChI=1S/C12H19N5O2/c1-8-3-5-16(6-4-8)10(18)7-17-9(2)11(12(13)19)14-15-17/h8H,3-7H2,1-2H3,(H2,13,19). The first-order valence-electron chi connectivity index (χ1n) is 6.46. The molecule has 2 rings (SSSR count). The van der Waals surface area contributed by atoms with E-state index < -0.39 is 5.91 Å². The molecular formula is C12H19N5O2. The first kappa shape index (κ1) is 13.5. The summed E-state index contributed by atoms with van der Waals surface area (Å²) in [6.07, 6.45) is 2.07. The highest BCUT2D eigenvalue weighted by atomic mass is 16.2. The molecule has 1 aromatic rings. The van der Waals surface area contributed by atoms with E-state index in [1.54, 1.807) is 6.92 Å². The molecule has 0 aromatic carbocycles. The number of amides is 2. The van der Waals surface area contributed by atoms with E-state index >= 15 is 0 Å². The molecule has 19 heavy (non-hydrogen) atoms. The van der Waals surface area contributed by atoms with Gasteiger partial charge in [0.25, 0.3) is 5.91 Å². The highest BCUT2D eigenvalue weighted by Gasteiger charge is 2.22. The lowest BCUT2D eigenvalue weighted by Crippen LogP contribution is -2.40. The SMILES string of the molecule is Cc1c(C(N)=O)nnn1CC(=O)N1CCC(C)CC1. The molecule has 0 saturated carbocycles. The molecule has 7 heteroatoms. The summed E-state index contributed by atoms with van der Waals surface area (Å²) in [5, 5.41) is 7.50. The molecule has 2 amide bonds. The number of primary amides is 1. The number of hydrogen-bond acceptors (Lipinski definition) is 4. The van der Waals surface area contributed by atoms with Gasteiger partial charge in [0.05, 0.1) is 5.69 Å². The Hall–Kier alpha value is -1.92. The fourth-order valence-electron chi connectivity index (χ4n) is 2.22. The highest BCUT2D eigenvalue weighted by molar-refractivity contribution is 5.91. The molecule has 0 radical (unpaired) electrons. The molecule has 0 unspecified atom stereocenters. The van der Waals surface area contributed by atoms with Gasteiger partial charge >= 0.3 is 0 Å². The molecule has 2 N–H and O–H groups in total. The normalized spacial score (nSPS) is 16.6. The van der Waals surface area contributed by atoms with Crippen LogP contribution in [0.4, 0.5) is 0 Å². The van der Waals surface area contributed by atoms with Crippen LogP contribution in [0.25, 0.3) is 0 Å². The van der Waals surface area contributed by atoms with Crippen molar-refractivity contribution in [2.75, 3.05) is 13.1 Å². The van der Waals surface area contributed by atoms with Crippen molar-refractivity contribution in [3.05, 3.63) is 11.4 Å². The Morgan fingerprint density at radius 3 is 2.53 bits per heavy atom. The molecule has 7 nitrogen and oxygen atoms in total. The van der Waals surface area contributed by atoms with Crippen LogP contribution in [0.3, 0.4) is 0 Å². The van der Waals surface area contributed by atoms with E-state index in [1.165, 1.54) is 4.68 Å². The number of nitrogens with zero attached hydrogens (tertiary/aromatic N) is 4. The number of rotatable bonds is 3. The Morgan fingerprint density at radius 2 is 2.00 bits per heavy atom. The smallest absolute Gasteiger partial charge is 0.271 e. The molecule has 0 aliphatic carbocycles. The average Bonchev–Trinajstić information content (AvgIpc) is 2.72. The number of piperidine rings is 1. The Morgan fingerprint density at radius 1 is 1.37 bits per heavy atom. The second-order valence-corrected chi connectivity index (χ2v) is 5.11. The van der Waals surface area contributed by atoms with Crippen LogP contribution in [0.5, 0.6) is 0 Å². The van der Waals surface area contributed by atoms with Gasteiger partial charge in [-0.2, -0.15) is 0 Å². The van der Waals surface area contributed by atoms with E-state index in [0.717, 1.165) is 25.9 Å². The van der Waals surface area contributed by atoms with Crippen molar-refractivity contribution in [2.24, 2.45) is 11.7 Å². The van der Waals surface area contributed by atoms with Gasteiger partial charge < -0.3 is 10.6 Å². The Bertz CT molecular complexity index is 488. The minimum atomic E-state index is -0.622. The number of carbonyl (C=O) groups is 2. The van der Waals surface area contributed by atoms with Gasteiger partial charge in [-0.1, -0.05) is 12.1 Å². The van der Waals surface area contributed by atoms with Crippen LogP contribution in [0, 0.1) is 12.8 Å². The first-order valence-corrected chi connectivity index (χ1v) is 6.46. The van der Waals surface area contributed by atoms with Crippen molar-refractivity contribution in [1.82, 2.24) is 19.9 Å². The lowest BCUT2D eigenvalue weighted by molar-refractivity contribution is -0.133. The quantitative estimate of drug-likeness (QED) is 0.828. The van der Waals surface area contributed by atoms with E-state index in [1.807, 2.05) is 4.90 Å². The molecule has 104 valence electrons. The van der Waals surface area contributed by atoms with Gasteiger partial charge in [0.1, 0.15) is 6.54 Å². The van der Waals surface area contributed by atoms with Crippen LogP contribution in [-0.2, 0) is 11.3 Å². The predicted octanol–water partition coefficient (Wildman–Crippen LogP) is -0.0561. The maximum absolute atomic E-state index is 12.1. The van der Waals surface area contributed by atoms with Crippen LogP contribution in [0.1, 0.15) is 35.9 Å². The largest absolute Gasteiger partial charge is 0.364 e. The summed E-state index contributed by atoms with van der Waals surface area (Å²) >= 11 is 0. The van der Waals surface area contributed by atoms with Crippen molar-refractivity contribution in [3.63, 3.8) is 0 Å². The Balaban J connectivity index is 2.01. The van der Waals surface area contributed by atoms with Crippen LogP contribution < -0.4 is 5.73 Å². The number of carbonyl (C=O) groups excluding carboxylic acids is 2. The molecule has 1 aliphatic heterocycles. The Labute approximate surface area is 111 Å². The minimum absolute atomic E-state index is 0.0101. The number of aromatic nitrogens is 3. The van der Waals surface area contributed by atoms with Crippen molar-refractivity contribution in [2.45, 2.75) is 33.2 Å². The third kappa shape index (κ3) is 2.91. The van der Waals surface area contributed by atoms with Crippen molar-refractivity contribution in [1.29, 1.82) is 0 Å². The summed E-state index contributed by atoms with van der Waals surface area (Å²) in [6.45, 7) is 5.57. The molecule has 1 fully saturated rings. The summed E-state index contributed by atoms with van der Waals surface area (Å²) in [7, 11) is 0. The summed E-state index contributed by atoms with van der Waals surface area (Å²) in [4.78, 5) is 25.0. The number of likely N-dealkylation sites (tertiary alicyclic amines) is 1. The molecule has 2 heterocycles. The van der Waals surface area contributed by atoms with Crippen molar-refractivity contribution < 1.29 is 9.59 Å². The lowest BCUT2D eigenvalue weighted by Gasteiger charge is -2.30. The van der Waals surface area contributed by atoms with Crippen LogP contribution >= 0.6 is 0 Å². The van der Waals surface area contributed by atoms with Gasteiger partial charge in [0.2, 0.25) is 5.91 Å². The Kier molecular flexibility index (Phi) is 3.82. The van der Waals surface area contributed by atoms with Crippen molar-refractivity contribution >= 4 is 11.8 Å².